The number of aromatic nitrogens is 2. The molecule has 1 fully saturated rings. The number of nitrogens with one attached hydrogen (secondary N) is 2. The summed E-state index contributed by atoms with van der Waals surface area (Å²) in [5.74, 6) is -0.580. The lowest BCUT2D eigenvalue weighted by Gasteiger charge is -2.28. The highest BCUT2D eigenvalue weighted by atomic mass is 35.5. The van der Waals surface area contributed by atoms with Crippen LogP contribution in [0.3, 0.4) is 0 Å². The van der Waals surface area contributed by atoms with Crippen molar-refractivity contribution in [2.24, 2.45) is 0 Å². The molecular formula is C29H38Cl2FN5O4. The Balaban J connectivity index is 1.33. The minimum Gasteiger partial charge on any atom is -0.480 e. The number of fused-ring (bicyclic) bond motifs is 1. The van der Waals surface area contributed by atoms with Gasteiger partial charge >= 0.3 is 5.97 Å². The van der Waals surface area contributed by atoms with Crippen molar-refractivity contribution in [3.63, 3.8) is 0 Å². The second-order valence-corrected chi connectivity index (χ2v) is 11.6. The Morgan fingerprint density at radius 3 is 2.63 bits per heavy atom. The van der Waals surface area contributed by atoms with E-state index in [9.17, 15) is 19.1 Å². The molecule has 1 aliphatic carbocycles. The van der Waals surface area contributed by atoms with Gasteiger partial charge in [-0.05, 0) is 69.5 Å². The number of aryl methyl sites for hydroxylation is 2. The van der Waals surface area contributed by atoms with Gasteiger partial charge in [-0.15, -0.1) is 0 Å². The van der Waals surface area contributed by atoms with Gasteiger partial charge < -0.3 is 25.4 Å². The molecule has 0 unspecified atom stereocenters. The van der Waals surface area contributed by atoms with Crippen LogP contribution in [0.5, 0.6) is 0 Å². The van der Waals surface area contributed by atoms with Crippen LogP contribution in [-0.4, -0.2) is 84.0 Å². The van der Waals surface area contributed by atoms with Crippen LogP contribution in [-0.2, 0) is 32.6 Å². The number of methoxy groups -OCH3 is 1. The average molecular weight is 611 g/mol. The van der Waals surface area contributed by atoms with Gasteiger partial charge in [0.1, 0.15) is 18.5 Å². The van der Waals surface area contributed by atoms with Crippen LogP contribution >= 0.6 is 23.2 Å². The third-order valence-electron chi connectivity index (χ3n) is 7.93. The van der Waals surface area contributed by atoms with E-state index < -0.39 is 36.1 Å². The standard InChI is InChI=1S/C29H38Cl2FN5O4/c1-41-21(15-32)18-37(13-3-2-6-20-8-7-19-5-4-12-34-26(19)35-20)14-9-24(27(38)39)36-28(40)29(10-11-29)25-22(30)16-33-17-23(25)31/h7-8,16-17,21,24H,2-6,9-15,18H2,1H3,(H,34,35)(H,36,40)(H,38,39)/t21-,24+/m1/s1. The highest BCUT2D eigenvalue weighted by molar-refractivity contribution is 6.36. The molecule has 0 bridgehead atoms. The van der Waals surface area contributed by atoms with Crippen molar-refractivity contribution >= 4 is 40.9 Å². The molecule has 9 nitrogen and oxygen atoms in total. The molecule has 3 heterocycles. The second kappa shape index (κ2) is 14.6. The maximum atomic E-state index is 13.5. The van der Waals surface area contributed by atoms with E-state index in [1.807, 2.05) is 4.90 Å². The summed E-state index contributed by atoms with van der Waals surface area (Å²) in [5, 5.41) is 16.5. The molecule has 4 rings (SSSR count). The fourth-order valence-corrected chi connectivity index (χ4v) is 6.09. The summed E-state index contributed by atoms with van der Waals surface area (Å²) in [4.78, 5) is 36.1. The first-order valence-corrected chi connectivity index (χ1v) is 14.9. The van der Waals surface area contributed by atoms with Gasteiger partial charge in [-0.3, -0.25) is 9.78 Å². The molecule has 1 aliphatic heterocycles. The smallest absolute Gasteiger partial charge is 0.326 e. The van der Waals surface area contributed by atoms with Crippen LogP contribution in [0.4, 0.5) is 10.2 Å². The molecule has 0 aromatic carbocycles. The third kappa shape index (κ3) is 8.06. The number of carboxylic acid groups (broad SMARTS) is 1. The zero-order valence-corrected chi connectivity index (χ0v) is 24.8. The Bertz CT molecular complexity index is 1190. The number of hydrogen-bond acceptors (Lipinski definition) is 7. The summed E-state index contributed by atoms with van der Waals surface area (Å²) >= 11 is 12.6. The van der Waals surface area contributed by atoms with Gasteiger partial charge in [0.15, 0.2) is 0 Å². The fourth-order valence-electron chi connectivity index (χ4n) is 5.37. The topological polar surface area (TPSA) is 117 Å². The highest BCUT2D eigenvalue weighted by Gasteiger charge is 2.54. The first-order chi connectivity index (χ1) is 19.8. The maximum absolute atomic E-state index is 13.5. The SMILES string of the molecule is CO[C@H](CF)CN(CCCCc1ccc2c(n1)NCCC2)CC[C@H](NC(=O)C1(c2c(Cl)cncc2Cl)CC1)C(=O)O. The zero-order valence-electron chi connectivity index (χ0n) is 23.3. The van der Waals surface area contributed by atoms with Crippen LogP contribution in [0.25, 0.3) is 0 Å². The number of aliphatic carboxylic acids is 1. The van der Waals surface area contributed by atoms with Gasteiger partial charge in [0, 0.05) is 50.4 Å². The Hall–Kier alpha value is -2.53. The zero-order chi connectivity index (χ0) is 29.4. The Kier molecular flexibility index (Phi) is 11.2. The van der Waals surface area contributed by atoms with Gasteiger partial charge in [0.2, 0.25) is 5.91 Å². The monoisotopic (exact) mass is 609 g/mol. The predicted octanol–water partition coefficient (Wildman–Crippen LogP) is 4.44. The molecular weight excluding hydrogens is 572 g/mol. The lowest BCUT2D eigenvalue weighted by molar-refractivity contribution is -0.142. The Labute approximate surface area is 250 Å². The van der Waals surface area contributed by atoms with Crippen LogP contribution in [0.2, 0.25) is 10.0 Å². The van der Waals surface area contributed by atoms with Crippen LogP contribution < -0.4 is 10.6 Å². The number of carboxylic acids is 1. The van der Waals surface area contributed by atoms with Gasteiger partial charge in [-0.2, -0.15) is 0 Å². The van der Waals surface area contributed by atoms with E-state index in [0.29, 0.717) is 38.0 Å². The number of carbonyl (C=O) groups is 2. The summed E-state index contributed by atoms with van der Waals surface area (Å²) in [6, 6.07) is 3.09. The molecule has 2 aliphatic rings. The van der Waals surface area contributed by atoms with Gasteiger partial charge in [0.25, 0.3) is 0 Å². The van der Waals surface area contributed by atoms with Gasteiger partial charge in [0.05, 0.1) is 21.6 Å². The molecule has 2 atom stereocenters. The van der Waals surface area contributed by atoms with E-state index in [2.05, 4.69) is 27.8 Å². The summed E-state index contributed by atoms with van der Waals surface area (Å²) < 4.78 is 18.7. The number of halogens is 3. The van der Waals surface area contributed by atoms with E-state index in [-0.39, 0.29) is 16.5 Å². The van der Waals surface area contributed by atoms with Gasteiger partial charge in [-0.1, -0.05) is 29.3 Å². The predicted molar refractivity (Wildman–Crippen MR) is 157 cm³/mol. The maximum Gasteiger partial charge on any atom is 0.326 e. The lowest BCUT2D eigenvalue weighted by Crippen LogP contribution is -2.47. The number of nitrogens with zero attached hydrogens (tertiary/aromatic N) is 3. The number of unbranched alkanes of at least 4 members (excludes halogenated alkanes) is 1. The molecule has 2 aromatic heterocycles. The molecule has 0 radical (unpaired) electrons. The normalized spacial score (nSPS) is 16.9. The molecule has 12 heteroatoms. The van der Waals surface area contributed by atoms with E-state index in [1.54, 1.807) is 0 Å². The van der Waals surface area contributed by atoms with Crippen molar-refractivity contribution in [2.75, 3.05) is 45.3 Å². The van der Waals surface area contributed by atoms with Crippen molar-refractivity contribution < 1.29 is 23.8 Å². The van der Waals surface area contributed by atoms with Crippen molar-refractivity contribution in [2.45, 2.75) is 68.9 Å². The van der Waals surface area contributed by atoms with Crippen molar-refractivity contribution in [3.05, 3.63) is 51.4 Å². The molecule has 0 saturated heterocycles. The molecule has 0 spiro atoms. The third-order valence-corrected chi connectivity index (χ3v) is 8.50. The van der Waals surface area contributed by atoms with Crippen molar-refractivity contribution in [1.29, 1.82) is 0 Å². The Morgan fingerprint density at radius 2 is 1.98 bits per heavy atom. The number of pyridine rings is 2. The van der Waals surface area contributed by atoms with E-state index in [1.165, 1.54) is 25.1 Å². The summed E-state index contributed by atoms with van der Waals surface area (Å²) in [6.45, 7) is 1.60. The molecule has 2 aromatic rings. The number of amides is 1. The Morgan fingerprint density at radius 1 is 1.22 bits per heavy atom. The summed E-state index contributed by atoms with van der Waals surface area (Å²) in [5.41, 5.74) is 1.80. The van der Waals surface area contributed by atoms with Crippen LogP contribution in [0.15, 0.2) is 24.5 Å². The summed E-state index contributed by atoms with van der Waals surface area (Å²) in [6.07, 6.45) is 8.10. The number of carbonyl (C=O) groups excluding carboxylic acids is 1. The highest BCUT2D eigenvalue weighted by Crippen LogP contribution is 2.52. The minimum absolute atomic E-state index is 0.149. The largest absolute Gasteiger partial charge is 0.480 e. The number of anilines is 1. The van der Waals surface area contributed by atoms with Crippen LogP contribution in [0, 0.1) is 0 Å². The lowest BCUT2D eigenvalue weighted by atomic mass is 9.95. The summed E-state index contributed by atoms with van der Waals surface area (Å²) in [7, 11) is 1.46. The van der Waals surface area contributed by atoms with Crippen molar-refractivity contribution in [1.82, 2.24) is 20.2 Å². The van der Waals surface area contributed by atoms with E-state index in [4.69, 9.17) is 32.9 Å². The first kappa shape index (κ1) is 31.4. The molecule has 224 valence electrons. The second-order valence-electron chi connectivity index (χ2n) is 10.8. The van der Waals surface area contributed by atoms with Crippen molar-refractivity contribution in [3.8, 4) is 0 Å². The number of rotatable bonds is 16. The number of hydrogen-bond donors (Lipinski definition) is 3. The molecule has 1 amide bonds. The molecule has 41 heavy (non-hydrogen) atoms. The first-order valence-electron chi connectivity index (χ1n) is 14.1. The minimum atomic E-state index is -1.14. The van der Waals surface area contributed by atoms with Crippen LogP contribution in [0.1, 0.15) is 55.3 Å². The number of alkyl halides is 1. The average Bonchev–Trinajstić information content (AvgIpc) is 3.77. The van der Waals surface area contributed by atoms with Gasteiger partial charge in [-0.25, -0.2) is 14.2 Å². The molecule has 1 saturated carbocycles. The quantitative estimate of drug-likeness (QED) is 0.239. The fraction of sp³-hybridized carbons (Fsp3) is 0.586. The van der Waals surface area contributed by atoms with E-state index >= 15 is 0 Å². The molecule has 3 N–H and O–H groups in total. The van der Waals surface area contributed by atoms with E-state index in [0.717, 1.165) is 50.2 Å². The number of ether oxygens (including phenoxy) is 1.